The maximum Gasteiger partial charge on any atom is 0.232 e. The Morgan fingerprint density at radius 2 is 2.00 bits per heavy atom. The molecule has 1 amide bonds. The minimum atomic E-state index is 0.237. The first-order valence-corrected chi connectivity index (χ1v) is 10.3. The number of amides is 1. The molecule has 1 aliphatic heterocycles. The number of rotatable bonds is 5. The molecule has 1 aliphatic rings. The van der Waals surface area contributed by atoms with Gasteiger partial charge in [0.1, 0.15) is 5.82 Å². The van der Waals surface area contributed by atoms with Crippen LogP contribution in [0.2, 0.25) is 0 Å². The van der Waals surface area contributed by atoms with Crippen LogP contribution >= 0.6 is 27.7 Å². The molecule has 25 heavy (non-hydrogen) atoms. The molecule has 2 aromatic rings. The molecule has 0 unspecified atom stereocenters. The standard InChI is InChI=1S/C19H22BrN3OS/c1-15-3-2-4-16(11-15)13-25-14-19(24)23-9-7-22(8-10-23)18-6-5-17(20)12-21-18/h2-6,11-12H,7-10,13-14H2,1H3. The number of benzene rings is 1. The van der Waals surface area contributed by atoms with Gasteiger partial charge >= 0.3 is 0 Å². The van der Waals surface area contributed by atoms with E-state index in [2.05, 4.69) is 57.0 Å². The highest BCUT2D eigenvalue weighted by atomic mass is 79.9. The lowest BCUT2D eigenvalue weighted by atomic mass is 10.2. The number of pyridine rings is 1. The summed E-state index contributed by atoms with van der Waals surface area (Å²) in [7, 11) is 0. The minimum Gasteiger partial charge on any atom is -0.353 e. The number of thioether (sulfide) groups is 1. The van der Waals surface area contributed by atoms with Crippen molar-refractivity contribution < 1.29 is 4.79 Å². The number of halogens is 1. The van der Waals surface area contributed by atoms with E-state index in [1.54, 1.807) is 11.8 Å². The Kier molecular flexibility index (Phi) is 6.37. The minimum absolute atomic E-state index is 0.237. The molecule has 0 bridgehead atoms. The molecule has 0 atom stereocenters. The normalized spacial score (nSPS) is 14.6. The number of aromatic nitrogens is 1. The fourth-order valence-electron chi connectivity index (χ4n) is 2.89. The summed E-state index contributed by atoms with van der Waals surface area (Å²) in [6, 6.07) is 12.5. The summed E-state index contributed by atoms with van der Waals surface area (Å²) in [5.41, 5.74) is 2.55. The molecule has 0 spiro atoms. The monoisotopic (exact) mass is 419 g/mol. The smallest absolute Gasteiger partial charge is 0.232 e. The highest BCUT2D eigenvalue weighted by Gasteiger charge is 2.21. The van der Waals surface area contributed by atoms with Gasteiger partial charge in [0.05, 0.1) is 5.75 Å². The molecular weight excluding hydrogens is 398 g/mol. The fraction of sp³-hybridized carbons (Fsp3) is 0.368. The van der Waals surface area contributed by atoms with E-state index in [0.717, 1.165) is 42.2 Å². The van der Waals surface area contributed by atoms with Crippen LogP contribution in [-0.2, 0) is 10.5 Å². The van der Waals surface area contributed by atoms with Crippen LogP contribution in [0.15, 0.2) is 47.1 Å². The van der Waals surface area contributed by atoms with E-state index in [9.17, 15) is 4.79 Å². The van der Waals surface area contributed by atoms with Crippen molar-refractivity contribution in [2.75, 3.05) is 36.8 Å². The number of carbonyl (C=O) groups is 1. The summed E-state index contributed by atoms with van der Waals surface area (Å²) >= 11 is 5.10. The van der Waals surface area contributed by atoms with Gasteiger partial charge in [0.25, 0.3) is 0 Å². The van der Waals surface area contributed by atoms with Gasteiger partial charge < -0.3 is 9.80 Å². The van der Waals surface area contributed by atoms with E-state index < -0.39 is 0 Å². The molecule has 1 aromatic heterocycles. The molecular formula is C19H22BrN3OS. The molecule has 0 aliphatic carbocycles. The van der Waals surface area contributed by atoms with Crippen molar-refractivity contribution >= 4 is 39.4 Å². The second-order valence-corrected chi connectivity index (χ2v) is 8.09. The molecule has 2 heterocycles. The summed E-state index contributed by atoms with van der Waals surface area (Å²) in [6.45, 7) is 5.30. The van der Waals surface area contributed by atoms with Crippen molar-refractivity contribution in [3.63, 3.8) is 0 Å². The molecule has 3 rings (SSSR count). The highest BCUT2D eigenvalue weighted by molar-refractivity contribution is 9.10. The van der Waals surface area contributed by atoms with Crippen molar-refractivity contribution in [3.8, 4) is 0 Å². The molecule has 1 fully saturated rings. The Bertz CT molecular complexity index is 715. The van der Waals surface area contributed by atoms with Crippen molar-refractivity contribution in [3.05, 3.63) is 58.2 Å². The Hall–Kier alpha value is -1.53. The lowest BCUT2D eigenvalue weighted by Crippen LogP contribution is -2.49. The summed E-state index contributed by atoms with van der Waals surface area (Å²) < 4.78 is 0.982. The zero-order chi connectivity index (χ0) is 17.6. The molecule has 0 radical (unpaired) electrons. The van der Waals surface area contributed by atoms with Gasteiger partial charge in [0, 0.05) is 42.6 Å². The van der Waals surface area contributed by atoms with Gasteiger partial charge in [-0.15, -0.1) is 11.8 Å². The second kappa shape index (κ2) is 8.72. The van der Waals surface area contributed by atoms with Gasteiger partial charge in [-0.25, -0.2) is 4.98 Å². The number of hydrogen-bond acceptors (Lipinski definition) is 4. The van der Waals surface area contributed by atoms with Crippen molar-refractivity contribution in [1.29, 1.82) is 0 Å². The molecule has 132 valence electrons. The van der Waals surface area contributed by atoms with E-state index in [1.165, 1.54) is 11.1 Å². The van der Waals surface area contributed by atoms with Gasteiger partial charge in [-0.2, -0.15) is 0 Å². The Morgan fingerprint density at radius 3 is 2.68 bits per heavy atom. The third-order valence-corrected chi connectivity index (χ3v) is 5.70. The summed E-state index contributed by atoms with van der Waals surface area (Å²) in [4.78, 5) is 21.0. The molecule has 4 nitrogen and oxygen atoms in total. The predicted octanol–water partition coefficient (Wildman–Crippen LogP) is 3.73. The quantitative estimate of drug-likeness (QED) is 0.739. The van der Waals surface area contributed by atoms with E-state index in [-0.39, 0.29) is 5.91 Å². The van der Waals surface area contributed by atoms with E-state index in [1.807, 2.05) is 23.2 Å². The second-order valence-electron chi connectivity index (χ2n) is 6.18. The Balaban J connectivity index is 1.43. The first kappa shape index (κ1) is 18.3. The first-order valence-electron chi connectivity index (χ1n) is 8.39. The topological polar surface area (TPSA) is 36.4 Å². The lowest BCUT2D eigenvalue weighted by molar-refractivity contribution is -0.128. The number of carbonyl (C=O) groups excluding carboxylic acids is 1. The number of anilines is 1. The SMILES string of the molecule is Cc1cccc(CSCC(=O)N2CCN(c3ccc(Br)cn3)CC2)c1. The maximum absolute atomic E-state index is 12.4. The molecule has 0 saturated carbocycles. The van der Waals surface area contributed by atoms with Gasteiger partial charge in [0.2, 0.25) is 5.91 Å². The van der Waals surface area contributed by atoms with E-state index in [4.69, 9.17) is 0 Å². The highest BCUT2D eigenvalue weighted by Crippen LogP contribution is 2.18. The van der Waals surface area contributed by atoms with Crippen molar-refractivity contribution in [2.45, 2.75) is 12.7 Å². The number of hydrogen-bond donors (Lipinski definition) is 0. The molecule has 0 N–H and O–H groups in total. The third kappa shape index (κ3) is 5.22. The van der Waals surface area contributed by atoms with Gasteiger partial charge in [-0.3, -0.25) is 4.79 Å². The first-order chi connectivity index (χ1) is 12.1. The average molecular weight is 420 g/mol. The van der Waals surface area contributed by atoms with Crippen LogP contribution in [0.3, 0.4) is 0 Å². The van der Waals surface area contributed by atoms with Gasteiger partial charge in [-0.1, -0.05) is 29.8 Å². The predicted molar refractivity (Wildman–Crippen MR) is 108 cm³/mol. The molecule has 1 saturated heterocycles. The third-order valence-electron chi connectivity index (χ3n) is 4.24. The van der Waals surface area contributed by atoms with Crippen LogP contribution in [-0.4, -0.2) is 47.7 Å². The Labute approximate surface area is 161 Å². The Morgan fingerprint density at radius 1 is 1.20 bits per heavy atom. The maximum atomic E-state index is 12.4. The van der Waals surface area contributed by atoms with E-state index >= 15 is 0 Å². The van der Waals surface area contributed by atoms with Crippen LogP contribution in [0.1, 0.15) is 11.1 Å². The largest absolute Gasteiger partial charge is 0.353 e. The van der Waals surface area contributed by atoms with E-state index in [0.29, 0.717) is 5.75 Å². The van der Waals surface area contributed by atoms with Gasteiger partial charge in [0.15, 0.2) is 0 Å². The zero-order valence-electron chi connectivity index (χ0n) is 14.3. The van der Waals surface area contributed by atoms with Crippen LogP contribution in [0, 0.1) is 6.92 Å². The van der Waals surface area contributed by atoms with Gasteiger partial charge in [-0.05, 0) is 40.5 Å². The van der Waals surface area contributed by atoms with Crippen molar-refractivity contribution in [2.24, 2.45) is 0 Å². The van der Waals surface area contributed by atoms with Crippen LogP contribution < -0.4 is 4.90 Å². The lowest BCUT2D eigenvalue weighted by Gasteiger charge is -2.35. The zero-order valence-corrected chi connectivity index (χ0v) is 16.7. The molecule has 6 heteroatoms. The number of piperazine rings is 1. The summed E-state index contributed by atoms with van der Waals surface area (Å²) in [5.74, 6) is 2.64. The van der Waals surface area contributed by atoms with Crippen LogP contribution in [0.5, 0.6) is 0 Å². The van der Waals surface area contributed by atoms with Crippen LogP contribution in [0.4, 0.5) is 5.82 Å². The summed E-state index contributed by atoms with van der Waals surface area (Å²) in [6.07, 6.45) is 1.81. The summed E-state index contributed by atoms with van der Waals surface area (Å²) in [5, 5.41) is 0. The average Bonchev–Trinajstić information content (AvgIpc) is 2.62. The number of nitrogens with zero attached hydrogens (tertiary/aromatic N) is 3. The van der Waals surface area contributed by atoms with Crippen molar-refractivity contribution in [1.82, 2.24) is 9.88 Å². The number of aryl methyl sites for hydroxylation is 1. The fourth-order valence-corrected chi connectivity index (χ4v) is 4.00. The molecule has 1 aromatic carbocycles. The van der Waals surface area contributed by atoms with Crippen LogP contribution in [0.25, 0.3) is 0 Å².